The Hall–Kier alpha value is -4.85. The topological polar surface area (TPSA) is 154 Å². The number of hydrogen-bond acceptors (Lipinski definition) is 9. The van der Waals surface area contributed by atoms with Gasteiger partial charge in [-0.2, -0.15) is 0 Å². The van der Waals surface area contributed by atoms with Crippen LogP contribution < -0.4 is 16.2 Å². The number of aromatic hydroxyl groups is 1. The first-order chi connectivity index (χ1) is 23.3. The minimum atomic E-state index is -1.15. The molecule has 12 nitrogen and oxygen atoms in total. The van der Waals surface area contributed by atoms with E-state index in [0.29, 0.717) is 0 Å². The molecule has 2 aliphatic rings. The first kappa shape index (κ1) is 33.1. The Kier molecular flexibility index (Phi) is 10.3. The van der Waals surface area contributed by atoms with Gasteiger partial charge in [-0.1, -0.05) is 84.9 Å². The summed E-state index contributed by atoms with van der Waals surface area (Å²) in [6.07, 6.45) is -5.26. The Bertz CT molecular complexity index is 1740. The fourth-order valence-corrected chi connectivity index (χ4v) is 5.79. The standard InChI is InChI=1S/C36H37N3O9/c1-21(33(42)38-39-34(43)27-17-25-15-9-10-16-26(25)18-28(27)41)46-32-30(37-22(2)40)36(44-19-23-11-5-3-6-12-23)47-29-20-45-35(48-31(29)32)24-13-7-4-8-14-24/h3-18,21,29-32,35-36,41H,19-20H2,1-2H3,(H,37,40)(H,38,42)(H,39,43)/t21-,29-,30+,31+,32-,35-,36-/m0/s1. The third-order valence-corrected chi connectivity index (χ3v) is 8.18. The molecule has 3 amide bonds. The zero-order chi connectivity index (χ0) is 33.6. The van der Waals surface area contributed by atoms with Gasteiger partial charge < -0.3 is 34.1 Å². The van der Waals surface area contributed by atoms with Crippen LogP contribution in [0.25, 0.3) is 10.8 Å². The Balaban J connectivity index is 1.20. The van der Waals surface area contributed by atoms with Crippen molar-refractivity contribution in [3.05, 3.63) is 114 Å². The van der Waals surface area contributed by atoms with E-state index in [4.69, 9.17) is 23.7 Å². The van der Waals surface area contributed by atoms with Crippen molar-refractivity contribution < 1.29 is 43.2 Å². The molecule has 12 heteroatoms. The van der Waals surface area contributed by atoms with Gasteiger partial charge in [-0.05, 0) is 35.4 Å². The van der Waals surface area contributed by atoms with Crippen LogP contribution in [0, 0.1) is 0 Å². The lowest BCUT2D eigenvalue weighted by Gasteiger charge is -2.49. The van der Waals surface area contributed by atoms with Crippen molar-refractivity contribution in [2.45, 2.75) is 63.5 Å². The highest BCUT2D eigenvalue weighted by Crippen LogP contribution is 2.36. The lowest BCUT2D eigenvalue weighted by Crippen LogP contribution is -2.68. The molecule has 4 N–H and O–H groups in total. The van der Waals surface area contributed by atoms with Gasteiger partial charge in [-0.25, -0.2) is 0 Å². The van der Waals surface area contributed by atoms with Crippen molar-refractivity contribution in [1.82, 2.24) is 16.2 Å². The molecule has 2 fully saturated rings. The van der Waals surface area contributed by atoms with Gasteiger partial charge in [-0.3, -0.25) is 25.2 Å². The number of hydrazine groups is 1. The van der Waals surface area contributed by atoms with Crippen LogP contribution in [-0.4, -0.2) is 66.2 Å². The Morgan fingerprint density at radius 3 is 2.27 bits per heavy atom. The lowest BCUT2D eigenvalue weighted by molar-refractivity contribution is -0.351. The summed E-state index contributed by atoms with van der Waals surface area (Å²) in [7, 11) is 0. The van der Waals surface area contributed by atoms with Gasteiger partial charge in [-0.15, -0.1) is 0 Å². The third kappa shape index (κ3) is 7.64. The molecular formula is C36H37N3O9. The van der Waals surface area contributed by atoms with Gasteiger partial charge in [0.15, 0.2) is 12.6 Å². The number of carbonyl (C=O) groups excluding carboxylic acids is 3. The number of phenols is 1. The van der Waals surface area contributed by atoms with Crippen molar-refractivity contribution >= 4 is 28.5 Å². The second-order valence-electron chi connectivity index (χ2n) is 11.6. The van der Waals surface area contributed by atoms with E-state index in [1.165, 1.54) is 26.0 Å². The van der Waals surface area contributed by atoms with E-state index in [1.54, 1.807) is 0 Å². The van der Waals surface area contributed by atoms with E-state index in [0.717, 1.165) is 21.9 Å². The Morgan fingerprint density at radius 2 is 1.56 bits per heavy atom. The van der Waals surface area contributed by atoms with Gasteiger partial charge in [0.1, 0.15) is 36.2 Å². The van der Waals surface area contributed by atoms with Gasteiger partial charge in [0, 0.05) is 12.5 Å². The van der Waals surface area contributed by atoms with Crippen LogP contribution >= 0.6 is 0 Å². The van der Waals surface area contributed by atoms with Crippen molar-refractivity contribution in [3.8, 4) is 5.75 Å². The maximum atomic E-state index is 13.3. The number of benzene rings is 4. The number of rotatable bonds is 9. The van der Waals surface area contributed by atoms with Crippen LogP contribution in [0.5, 0.6) is 5.75 Å². The summed E-state index contributed by atoms with van der Waals surface area (Å²) in [5.41, 5.74) is 6.38. The minimum absolute atomic E-state index is 0.0125. The predicted molar refractivity (Wildman–Crippen MR) is 173 cm³/mol. The molecule has 2 heterocycles. The quantitative estimate of drug-likeness (QED) is 0.198. The van der Waals surface area contributed by atoms with Gasteiger partial charge >= 0.3 is 0 Å². The highest BCUT2D eigenvalue weighted by Gasteiger charge is 2.52. The van der Waals surface area contributed by atoms with E-state index in [-0.39, 0.29) is 30.4 Å². The minimum Gasteiger partial charge on any atom is -0.507 e. The third-order valence-electron chi connectivity index (χ3n) is 8.18. The predicted octanol–water partition coefficient (Wildman–Crippen LogP) is 3.64. The Labute approximate surface area is 277 Å². The fourth-order valence-electron chi connectivity index (χ4n) is 5.79. The number of amides is 3. The number of fused-ring (bicyclic) bond motifs is 2. The Morgan fingerprint density at radius 1 is 0.896 bits per heavy atom. The molecule has 4 aromatic rings. The summed E-state index contributed by atoms with van der Waals surface area (Å²) >= 11 is 0. The highest BCUT2D eigenvalue weighted by atomic mass is 16.8. The van der Waals surface area contributed by atoms with Gasteiger partial charge in [0.05, 0.1) is 18.8 Å². The largest absolute Gasteiger partial charge is 0.507 e. The average molecular weight is 656 g/mol. The molecule has 0 aromatic heterocycles. The van der Waals surface area contributed by atoms with E-state index in [9.17, 15) is 19.5 Å². The van der Waals surface area contributed by atoms with E-state index in [1.807, 2.05) is 84.9 Å². The zero-order valence-electron chi connectivity index (χ0n) is 26.4. The average Bonchev–Trinajstić information content (AvgIpc) is 3.10. The number of nitrogens with one attached hydrogen (secondary N) is 3. The summed E-state index contributed by atoms with van der Waals surface area (Å²) in [5.74, 6) is -1.99. The van der Waals surface area contributed by atoms with Crippen LogP contribution in [0.4, 0.5) is 0 Å². The number of hydrogen-bond donors (Lipinski definition) is 4. The molecule has 0 aliphatic carbocycles. The van der Waals surface area contributed by atoms with Crippen LogP contribution in [0.3, 0.4) is 0 Å². The maximum Gasteiger partial charge on any atom is 0.273 e. The van der Waals surface area contributed by atoms with Crippen LogP contribution in [-0.2, 0) is 39.9 Å². The second kappa shape index (κ2) is 14.9. The number of phenolic OH excluding ortho intramolecular Hbond substituents is 1. The SMILES string of the molecule is CC(=O)N[C@H]1[C@@H](OCc2ccccc2)O[C@H]2CO[C@H](c3ccccc3)O[C@H]2[C@H]1O[C@@H](C)C(=O)NNC(=O)c1cc2ccccc2cc1O. The first-order valence-corrected chi connectivity index (χ1v) is 15.6. The van der Waals surface area contributed by atoms with E-state index >= 15 is 0 Å². The van der Waals surface area contributed by atoms with Gasteiger partial charge in [0.25, 0.3) is 11.8 Å². The zero-order valence-corrected chi connectivity index (χ0v) is 26.4. The molecule has 0 radical (unpaired) electrons. The number of ether oxygens (including phenoxy) is 5. The molecule has 0 unspecified atom stereocenters. The number of carbonyl (C=O) groups is 3. The van der Waals surface area contributed by atoms with Crippen molar-refractivity contribution in [3.63, 3.8) is 0 Å². The molecule has 250 valence electrons. The van der Waals surface area contributed by atoms with Crippen molar-refractivity contribution in [2.75, 3.05) is 6.61 Å². The molecule has 0 spiro atoms. The van der Waals surface area contributed by atoms with Crippen LogP contribution in [0.1, 0.15) is 41.6 Å². The smallest absolute Gasteiger partial charge is 0.273 e. The second-order valence-corrected chi connectivity index (χ2v) is 11.6. The molecule has 2 aliphatic heterocycles. The van der Waals surface area contributed by atoms with Gasteiger partial charge in [0.2, 0.25) is 5.91 Å². The van der Waals surface area contributed by atoms with E-state index in [2.05, 4.69) is 16.2 Å². The molecular weight excluding hydrogens is 618 g/mol. The van der Waals surface area contributed by atoms with Crippen molar-refractivity contribution in [1.29, 1.82) is 0 Å². The van der Waals surface area contributed by atoms with Crippen molar-refractivity contribution in [2.24, 2.45) is 0 Å². The summed E-state index contributed by atoms with van der Waals surface area (Å²) < 4.78 is 31.2. The molecule has 4 aromatic carbocycles. The van der Waals surface area contributed by atoms with Crippen LogP contribution in [0.2, 0.25) is 0 Å². The highest BCUT2D eigenvalue weighted by molar-refractivity contribution is 6.02. The summed E-state index contributed by atoms with van der Waals surface area (Å²) in [5, 5.41) is 14.8. The first-order valence-electron chi connectivity index (χ1n) is 15.6. The molecule has 0 bridgehead atoms. The fraction of sp³-hybridized carbons (Fsp3) is 0.306. The molecule has 48 heavy (non-hydrogen) atoms. The molecule has 0 saturated carbocycles. The molecule has 2 saturated heterocycles. The summed E-state index contributed by atoms with van der Waals surface area (Å²) in [4.78, 5) is 38.7. The summed E-state index contributed by atoms with van der Waals surface area (Å²) in [6, 6.07) is 28.2. The monoisotopic (exact) mass is 655 g/mol. The maximum absolute atomic E-state index is 13.3. The molecule has 6 rings (SSSR count). The normalized spacial score (nSPS) is 24.2. The summed E-state index contributed by atoms with van der Waals surface area (Å²) in [6.45, 7) is 3.19. The van der Waals surface area contributed by atoms with E-state index < -0.39 is 54.9 Å². The van der Waals surface area contributed by atoms with Crippen LogP contribution in [0.15, 0.2) is 97.1 Å². The lowest BCUT2D eigenvalue weighted by atomic mass is 9.95. The molecule has 7 atom stereocenters.